The molecule has 0 atom stereocenters. The molecule has 0 heterocycles. The van der Waals surface area contributed by atoms with E-state index in [0.717, 1.165) is 35.6 Å². The van der Waals surface area contributed by atoms with Crippen molar-refractivity contribution >= 4 is 16.1 Å². The van der Waals surface area contributed by atoms with E-state index < -0.39 is 0 Å². The van der Waals surface area contributed by atoms with Gasteiger partial charge in [-0.3, -0.25) is 0 Å². The summed E-state index contributed by atoms with van der Waals surface area (Å²) in [6.45, 7) is 5.69. The Balaban J connectivity index is 5.16. The summed E-state index contributed by atoms with van der Waals surface area (Å²) in [5, 5.41) is 3.98. The van der Waals surface area contributed by atoms with Crippen LogP contribution in [0.15, 0.2) is 20.5 Å². The minimum atomic E-state index is 0.639. The Kier molecular flexibility index (Phi) is 7.21. The van der Waals surface area contributed by atoms with Gasteiger partial charge < -0.3 is 0 Å². The number of carbonyl (C=O) groups excluding carboxylic acids is 1. The van der Waals surface area contributed by atoms with Crippen LogP contribution in [0.5, 0.6) is 0 Å². The predicted molar refractivity (Wildman–Crippen MR) is 47.9 cm³/mol. The Morgan fingerprint density at radius 3 is 2.29 bits per heavy atom. The molecule has 0 saturated heterocycles. The van der Waals surface area contributed by atoms with Crippen LogP contribution >= 0.6 is 0 Å². The van der Waals surface area contributed by atoms with E-state index in [4.69, 9.17) is 0 Å². The van der Waals surface area contributed by atoms with Crippen molar-refractivity contribution in [2.75, 3.05) is 0 Å². The summed E-state index contributed by atoms with van der Waals surface area (Å²) >= 11 is 2.31. The van der Waals surface area contributed by atoms with Crippen molar-refractivity contribution in [3.63, 3.8) is 0 Å². The molecule has 0 fully saturated rings. The Hall–Kier alpha value is -0.0734. The van der Waals surface area contributed by atoms with Crippen LogP contribution in [0.4, 0.5) is 0 Å². The van der Waals surface area contributed by atoms with Crippen LogP contribution < -0.4 is 0 Å². The summed E-state index contributed by atoms with van der Waals surface area (Å²) in [4.78, 5) is 12.4. The number of carbonyl (C=O) groups is 1. The van der Waals surface area contributed by atoms with Crippen LogP contribution in [0.25, 0.3) is 0 Å². The Morgan fingerprint density at radius 1 is 1.43 bits per heavy atom. The van der Waals surface area contributed by atoms with Gasteiger partial charge in [0.25, 0.3) is 0 Å². The van der Waals surface area contributed by atoms with Gasteiger partial charge in [0.05, 0.1) is 0 Å². The van der Waals surface area contributed by atoms with E-state index in [0.29, 0.717) is 5.84 Å². The summed E-state index contributed by atoms with van der Waals surface area (Å²) < 4.78 is 4.82. The average molecular weight is 533 g/mol. The van der Waals surface area contributed by atoms with E-state index in [1.165, 1.54) is 24.3 Å². The second-order valence-electron chi connectivity index (χ2n) is 2.47. The van der Waals surface area contributed by atoms with E-state index >= 15 is 0 Å². The zero-order chi connectivity index (χ0) is 11.1. The van der Waals surface area contributed by atoms with Gasteiger partial charge >= 0.3 is 106 Å². The van der Waals surface area contributed by atoms with Crippen molar-refractivity contribution in [2.24, 2.45) is 8.71 Å². The summed E-state index contributed by atoms with van der Waals surface area (Å²) in [7, 11) is 0. The first-order chi connectivity index (χ1) is 6.58. The first-order valence-electron chi connectivity index (χ1n) is 3.87. The van der Waals surface area contributed by atoms with Crippen LogP contribution in [0.1, 0.15) is 20.8 Å². The molecule has 0 aromatic carbocycles. The third kappa shape index (κ3) is 3.98. The molecule has 0 aromatic heterocycles. The van der Waals surface area contributed by atoms with Gasteiger partial charge in [0.2, 0.25) is 0 Å². The van der Waals surface area contributed by atoms with Crippen molar-refractivity contribution in [3.8, 4) is 0 Å². The Labute approximate surface area is 106 Å². The second-order valence-corrected chi connectivity index (χ2v) is 5.25. The zero-order valence-corrected chi connectivity index (χ0v) is 14.1. The van der Waals surface area contributed by atoms with Crippen molar-refractivity contribution in [2.45, 2.75) is 20.8 Å². The summed E-state index contributed by atoms with van der Waals surface area (Å²) in [6, 6.07) is 0. The number of amides is 1. The summed E-state index contributed by atoms with van der Waals surface area (Å²) in [5.74, 6) is 0.639. The fourth-order valence-corrected chi connectivity index (χ4v) is 1.54. The summed E-state index contributed by atoms with van der Waals surface area (Å²) in [5.41, 5.74) is 0.859. The number of hydrogen-bond acceptors (Lipinski definition) is 3. The molecule has 0 aromatic rings. The fourth-order valence-electron chi connectivity index (χ4n) is 0.766. The van der Waals surface area contributed by atoms with Gasteiger partial charge in [0.15, 0.2) is 0 Å². The van der Waals surface area contributed by atoms with E-state index in [2.05, 4.69) is 8.71 Å². The van der Waals surface area contributed by atoms with Crippen LogP contribution in [-0.2, 0) is 43.8 Å². The number of hydrogen-bond donors (Lipinski definition) is 0. The van der Waals surface area contributed by atoms with Gasteiger partial charge in [-0.05, 0) is 0 Å². The molecule has 0 bridgehead atoms. The third-order valence-corrected chi connectivity index (χ3v) is 2.53. The third-order valence-electron chi connectivity index (χ3n) is 1.58. The molecule has 0 aliphatic carbocycles. The molecule has 0 unspecified atom stereocenters. The molecule has 0 N–H and O–H groups in total. The minimum absolute atomic E-state index is 0.639. The molecular weight excluding hydrogens is 522 g/mol. The Bertz CT molecular complexity index is 310. The Morgan fingerprint density at radius 2 is 2.00 bits per heavy atom. The molecule has 1 amide bonds. The standard InChI is InChI=1S/C8H11N3O.2W/c1-4-7(3)11(6-12)8(5-2)10-9;;/h4,6H,1-3H3;;. The fraction of sp³-hybridized carbons (Fsp3) is 0.375. The van der Waals surface area contributed by atoms with E-state index in [1.807, 2.05) is 26.8 Å². The molecule has 4 nitrogen and oxygen atoms in total. The van der Waals surface area contributed by atoms with Crippen molar-refractivity contribution in [1.82, 2.24) is 4.90 Å². The molecule has 0 saturated carbocycles. The van der Waals surface area contributed by atoms with Gasteiger partial charge in [-0.25, -0.2) is 0 Å². The molecule has 14 heavy (non-hydrogen) atoms. The monoisotopic (exact) mass is 533 g/mol. The van der Waals surface area contributed by atoms with Crippen molar-refractivity contribution in [1.29, 1.82) is 0 Å². The van der Waals surface area contributed by atoms with Gasteiger partial charge in [-0.15, -0.1) is 0 Å². The maximum atomic E-state index is 10.9. The zero-order valence-electron chi connectivity index (χ0n) is 8.22. The molecule has 76 valence electrons. The van der Waals surface area contributed by atoms with Crippen LogP contribution in [0.2, 0.25) is 0 Å². The quantitative estimate of drug-likeness (QED) is 0.232. The normalized spacial score (nSPS) is 12.2. The predicted octanol–water partition coefficient (Wildman–Crippen LogP) is 1.15. The number of amidine groups is 1. The second kappa shape index (κ2) is 7.25. The number of rotatable bonds is 4. The van der Waals surface area contributed by atoms with Crippen LogP contribution in [0, 0.1) is 0 Å². The molecule has 6 heteroatoms. The van der Waals surface area contributed by atoms with Crippen molar-refractivity contribution in [3.05, 3.63) is 11.8 Å². The SMILES string of the molecule is CC=C(C)N(C=O)C(=N[N]=[W])[C](C)=[W]. The topological polar surface area (TPSA) is 45.0 Å². The number of allylic oxidation sites excluding steroid dienone is 2. The molecule has 0 rings (SSSR count). The van der Waals surface area contributed by atoms with Gasteiger partial charge in [0.1, 0.15) is 0 Å². The van der Waals surface area contributed by atoms with Crippen LogP contribution in [0.3, 0.4) is 0 Å². The van der Waals surface area contributed by atoms with Crippen LogP contribution in [-0.4, -0.2) is 21.0 Å². The average Bonchev–Trinajstić information content (AvgIpc) is 2.16. The van der Waals surface area contributed by atoms with Gasteiger partial charge in [-0.2, -0.15) is 0 Å². The van der Waals surface area contributed by atoms with E-state index in [9.17, 15) is 4.79 Å². The maximum absolute atomic E-state index is 10.9. The van der Waals surface area contributed by atoms with Gasteiger partial charge in [-0.1, -0.05) is 0 Å². The molecule has 0 radical (unpaired) electrons. The van der Waals surface area contributed by atoms with E-state index in [1.54, 1.807) is 0 Å². The van der Waals surface area contributed by atoms with Crippen molar-refractivity contribution < 1.29 is 43.8 Å². The summed E-state index contributed by atoms with van der Waals surface area (Å²) in [6.07, 6.45) is 2.63. The van der Waals surface area contributed by atoms with Gasteiger partial charge in [0, 0.05) is 0 Å². The first kappa shape index (κ1) is 13.9. The molecule has 0 aliphatic rings. The number of nitrogens with zero attached hydrogens (tertiary/aromatic N) is 3. The first-order valence-corrected chi connectivity index (χ1v) is 6.65. The molecule has 0 spiro atoms. The molecule has 0 aliphatic heterocycles. The van der Waals surface area contributed by atoms with E-state index in [-0.39, 0.29) is 0 Å². The molecular formula is C8H11N3OW2.